The summed E-state index contributed by atoms with van der Waals surface area (Å²) in [7, 11) is 0. The van der Waals surface area contributed by atoms with Gasteiger partial charge in [0.15, 0.2) is 5.69 Å². The van der Waals surface area contributed by atoms with Crippen LogP contribution >= 0.6 is 0 Å². The predicted molar refractivity (Wildman–Crippen MR) is 50.3 cm³/mol. The summed E-state index contributed by atoms with van der Waals surface area (Å²) < 4.78 is 1.86. The summed E-state index contributed by atoms with van der Waals surface area (Å²) >= 11 is 0. The van der Waals surface area contributed by atoms with E-state index >= 15 is 0 Å². The summed E-state index contributed by atoms with van der Waals surface area (Å²) in [5.41, 5.74) is 1.53. The van der Waals surface area contributed by atoms with Crippen molar-refractivity contribution >= 4 is 0 Å². The second-order valence-corrected chi connectivity index (χ2v) is 2.90. The van der Waals surface area contributed by atoms with Gasteiger partial charge in [-0.25, -0.2) is 4.98 Å². The third-order valence-corrected chi connectivity index (χ3v) is 1.84. The minimum absolute atomic E-state index is 0.439. The van der Waals surface area contributed by atoms with E-state index in [4.69, 9.17) is 5.26 Å². The Morgan fingerprint density at radius 2 is 2.43 bits per heavy atom. The Bertz CT molecular complexity index is 452. The lowest BCUT2D eigenvalue weighted by Crippen LogP contribution is -1.96. The molecule has 14 heavy (non-hydrogen) atoms. The van der Waals surface area contributed by atoms with E-state index in [1.807, 2.05) is 22.8 Å². The van der Waals surface area contributed by atoms with Crippen LogP contribution in [0.15, 0.2) is 37.1 Å². The van der Waals surface area contributed by atoms with Crippen molar-refractivity contribution in [2.24, 2.45) is 0 Å². The van der Waals surface area contributed by atoms with Crippen LogP contribution in [0.5, 0.6) is 0 Å². The molecule has 2 heterocycles. The number of hydrogen-bond donors (Lipinski definition) is 0. The van der Waals surface area contributed by atoms with Gasteiger partial charge in [-0.2, -0.15) is 5.26 Å². The molecule has 0 atom stereocenters. The fraction of sp³-hybridized carbons (Fsp3) is 0.100. The number of pyridine rings is 1. The van der Waals surface area contributed by atoms with E-state index < -0.39 is 0 Å². The molecule has 0 amide bonds. The molecule has 0 saturated carbocycles. The molecular formula is C10H8N4. The van der Waals surface area contributed by atoms with Crippen molar-refractivity contribution in [1.82, 2.24) is 14.5 Å². The van der Waals surface area contributed by atoms with Crippen LogP contribution in [0.3, 0.4) is 0 Å². The number of nitrogens with zero attached hydrogens (tertiary/aromatic N) is 4. The minimum atomic E-state index is 0.439. The van der Waals surface area contributed by atoms with Crippen molar-refractivity contribution in [2.75, 3.05) is 0 Å². The lowest BCUT2D eigenvalue weighted by molar-refractivity contribution is 0.793. The molecule has 0 aromatic carbocycles. The third kappa shape index (κ3) is 1.77. The maximum atomic E-state index is 8.58. The summed E-state index contributed by atoms with van der Waals surface area (Å²) in [5, 5.41) is 8.58. The molecule has 0 bridgehead atoms. The van der Waals surface area contributed by atoms with Gasteiger partial charge in [-0.05, 0) is 11.6 Å². The quantitative estimate of drug-likeness (QED) is 0.704. The summed E-state index contributed by atoms with van der Waals surface area (Å²) in [6, 6.07) is 5.86. The van der Waals surface area contributed by atoms with Crippen molar-refractivity contribution in [2.45, 2.75) is 6.54 Å². The van der Waals surface area contributed by atoms with Crippen molar-refractivity contribution in [1.29, 1.82) is 5.26 Å². The SMILES string of the molecule is N#Cc1cn(Cc2cccnc2)cn1. The topological polar surface area (TPSA) is 54.5 Å². The summed E-state index contributed by atoms with van der Waals surface area (Å²) in [5.74, 6) is 0. The van der Waals surface area contributed by atoms with Gasteiger partial charge in [-0.3, -0.25) is 4.98 Å². The number of aromatic nitrogens is 3. The normalized spacial score (nSPS) is 9.64. The zero-order valence-corrected chi connectivity index (χ0v) is 7.46. The maximum absolute atomic E-state index is 8.58. The van der Waals surface area contributed by atoms with Crippen LogP contribution in [0.4, 0.5) is 0 Å². The van der Waals surface area contributed by atoms with Crippen LogP contribution in [0.2, 0.25) is 0 Å². The molecule has 0 N–H and O–H groups in total. The van der Waals surface area contributed by atoms with Crippen LogP contribution in [0.25, 0.3) is 0 Å². The molecule has 0 aliphatic carbocycles. The van der Waals surface area contributed by atoms with Crippen LogP contribution in [0.1, 0.15) is 11.3 Å². The first-order valence-electron chi connectivity index (χ1n) is 4.19. The Hall–Kier alpha value is -2.15. The molecule has 2 aromatic heterocycles. The van der Waals surface area contributed by atoms with Crippen molar-refractivity contribution in [3.05, 3.63) is 48.3 Å². The molecule has 0 spiro atoms. The van der Waals surface area contributed by atoms with E-state index in [9.17, 15) is 0 Å². The molecule has 0 aliphatic heterocycles. The van der Waals surface area contributed by atoms with Gasteiger partial charge in [-0.15, -0.1) is 0 Å². The molecule has 2 aromatic rings. The molecule has 0 aliphatic rings. The number of nitriles is 1. The minimum Gasteiger partial charge on any atom is -0.332 e. The molecule has 2 rings (SSSR count). The van der Waals surface area contributed by atoms with E-state index in [1.54, 1.807) is 24.9 Å². The van der Waals surface area contributed by atoms with E-state index in [2.05, 4.69) is 9.97 Å². The number of imidazole rings is 1. The van der Waals surface area contributed by atoms with Crippen LogP contribution in [-0.2, 0) is 6.54 Å². The van der Waals surface area contributed by atoms with Crippen LogP contribution in [-0.4, -0.2) is 14.5 Å². The number of rotatable bonds is 2. The Labute approximate surface area is 81.5 Å². The third-order valence-electron chi connectivity index (χ3n) is 1.84. The van der Waals surface area contributed by atoms with E-state index in [-0.39, 0.29) is 0 Å². The second-order valence-electron chi connectivity index (χ2n) is 2.90. The van der Waals surface area contributed by atoms with E-state index in [0.717, 1.165) is 5.56 Å². The van der Waals surface area contributed by atoms with Gasteiger partial charge in [0, 0.05) is 18.6 Å². The Kier molecular flexibility index (Phi) is 2.24. The monoisotopic (exact) mass is 184 g/mol. The lowest BCUT2D eigenvalue weighted by atomic mass is 10.3. The summed E-state index contributed by atoms with van der Waals surface area (Å²) in [6.07, 6.45) is 6.89. The highest BCUT2D eigenvalue weighted by molar-refractivity contribution is 5.17. The Morgan fingerprint density at radius 3 is 3.07 bits per heavy atom. The van der Waals surface area contributed by atoms with Gasteiger partial charge in [0.25, 0.3) is 0 Å². The molecule has 0 unspecified atom stereocenters. The van der Waals surface area contributed by atoms with Gasteiger partial charge < -0.3 is 4.57 Å². The highest BCUT2D eigenvalue weighted by atomic mass is 15.0. The molecule has 0 radical (unpaired) electrons. The van der Waals surface area contributed by atoms with Crippen LogP contribution < -0.4 is 0 Å². The largest absolute Gasteiger partial charge is 0.332 e. The average molecular weight is 184 g/mol. The van der Waals surface area contributed by atoms with E-state index in [0.29, 0.717) is 12.2 Å². The molecule has 0 fully saturated rings. The average Bonchev–Trinajstić information content (AvgIpc) is 2.67. The van der Waals surface area contributed by atoms with E-state index in [1.165, 1.54) is 0 Å². The first-order chi connectivity index (χ1) is 6.88. The van der Waals surface area contributed by atoms with Crippen molar-refractivity contribution in [3.63, 3.8) is 0 Å². The maximum Gasteiger partial charge on any atom is 0.158 e. The fourth-order valence-electron chi connectivity index (χ4n) is 1.21. The first kappa shape index (κ1) is 8.45. The van der Waals surface area contributed by atoms with Gasteiger partial charge in [-0.1, -0.05) is 6.07 Å². The highest BCUT2D eigenvalue weighted by Crippen LogP contribution is 2.01. The standard InChI is InChI=1S/C10H8N4/c11-4-10-7-14(8-13-10)6-9-2-1-3-12-5-9/h1-3,5,7-8H,6H2. The van der Waals surface area contributed by atoms with Crippen molar-refractivity contribution in [3.8, 4) is 6.07 Å². The smallest absolute Gasteiger partial charge is 0.158 e. The zero-order valence-electron chi connectivity index (χ0n) is 7.46. The Balaban J connectivity index is 2.16. The summed E-state index contributed by atoms with van der Waals surface area (Å²) in [4.78, 5) is 7.92. The molecule has 0 saturated heterocycles. The van der Waals surface area contributed by atoms with Gasteiger partial charge >= 0.3 is 0 Å². The summed E-state index contributed by atoms with van der Waals surface area (Å²) in [6.45, 7) is 0.697. The first-order valence-corrected chi connectivity index (χ1v) is 4.19. The van der Waals surface area contributed by atoms with Gasteiger partial charge in [0.2, 0.25) is 0 Å². The van der Waals surface area contributed by atoms with Gasteiger partial charge in [0.05, 0.1) is 12.9 Å². The molecule has 4 nitrogen and oxygen atoms in total. The van der Waals surface area contributed by atoms with Gasteiger partial charge in [0.1, 0.15) is 6.07 Å². The Morgan fingerprint density at radius 1 is 1.50 bits per heavy atom. The van der Waals surface area contributed by atoms with Crippen LogP contribution in [0, 0.1) is 11.3 Å². The fourth-order valence-corrected chi connectivity index (χ4v) is 1.21. The molecule has 68 valence electrons. The predicted octanol–water partition coefficient (Wildman–Crippen LogP) is 1.20. The zero-order chi connectivity index (χ0) is 9.80. The highest BCUT2D eigenvalue weighted by Gasteiger charge is 1.97. The second kappa shape index (κ2) is 3.71. The van der Waals surface area contributed by atoms with Crippen molar-refractivity contribution < 1.29 is 0 Å². The lowest BCUT2D eigenvalue weighted by Gasteiger charge is -1.99. The number of hydrogen-bond acceptors (Lipinski definition) is 3. The molecule has 4 heteroatoms. The molecular weight excluding hydrogens is 176 g/mol.